The van der Waals surface area contributed by atoms with Gasteiger partial charge in [-0.2, -0.15) is 11.8 Å². The average Bonchev–Trinajstić information content (AvgIpc) is 2.60. The van der Waals surface area contributed by atoms with Gasteiger partial charge in [-0.05, 0) is 29.0 Å². The number of hydrogen-bond donors (Lipinski definition) is 2. The Morgan fingerprint density at radius 3 is 2.29 bits per heavy atom. The summed E-state index contributed by atoms with van der Waals surface area (Å²) in [6, 6.07) is 15.6. The van der Waals surface area contributed by atoms with Gasteiger partial charge in [0.05, 0.1) is 0 Å². The second-order valence-corrected chi connectivity index (χ2v) is 6.66. The van der Waals surface area contributed by atoms with Crippen LogP contribution in [0.3, 0.4) is 0 Å². The Kier molecular flexibility index (Phi) is 6.88. The van der Waals surface area contributed by atoms with Crippen LogP contribution in [-0.4, -0.2) is 28.8 Å². The van der Waals surface area contributed by atoms with Crippen LogP contribution in [0.2, 0.25) is 0 Å². The zero-order valence-corrected chi connectivity index (χ0v) is 14.4. The largest absolute Gasteiger partial charge is 0.480 e. The minimum Gasteiger partial charge on any atom is -0.480 e. The fraction of sp³-hybridized carbons (Fsp3) is 0.263. The van der Waals surface area contributed by atoms with Crippen molar-refractivity contribution in [3.8, 4) is 0 Å². The molecule has 0 saturated heterocycles. The molecule has 0 aliphatic carbocycles. The van der Waals surface area contributed by atoms with E-state index < -0.39 is 12.0 Å². The molecule has 5 heteroatoms. The van der Waals surface area contributed by atoms with E-state index in [4.69, 9.17) is 0 Å². The van der Waals surface area contributed by atoms with Crippen molar-refractivity contribution < 1.29 is 14.7 Å². The topological polar surface area (TPSA) is 66.4 Å². The van der Waals surface area contributed by atoms with Crippen molar-refractivity contribution in [3.63, 3.8) is 0 Å². The van der Waals surface area contributed by atoms with Gasteiger partial charge in [0, 0.05) is 17.7 Å². The fourth-order valence-electron chi connectivity index (χ4n) is 2.26. The van der Waals surface area contributed by atoms with Crippen molar-refractivity contribution in [2.24, 2.45) is 0 Å². The van der Waals surface area contributed by atoms with Crippen molar-refractivity contribution in [1.82, 2.24) is 5.32 Å². The standard InChI is InChI=1S/C19H21NO3S/c1-2-24-13-15-8-10-16(11-9-15)18(21)20-17(19(22)23)12-14-6-4-3-5-7-14/h3-11,17H,2,12-13H2,1H3,(H,20,21)(H,22,23)/t17-/m1/s1. The summed E-state index contributed by atoms with van der Waals surface area (Å²) in [5.74, 6) is 0.544. The molecule has 2 rings (SSSR count). The van der Waals surface area contributed by atoms with Crippen LogP contribution in [0.5, 0.6) is 0 Å². The smallest absolute Gasteiger partial charge is 0.326 e. The summed E-state index contributed by atoms with van der Waals surface area (Å²) in [4.78, 5) is 23.7. The molecule has 24 heavy (non-hydrogen) atoms. The molecule has 2 aromatic rings. The molecular formula is C19H21NO3S. The van der Waals surface area contributed by atoms with Crippen molar-refractivity contribution in [3.05, 3.63) is 71.3 Å². The summed E-state index contributed by atoms with van der Waals surface area (Å²) < 4.78 is 0. The molecule has 0 spiro atoms. The number of benzene rings is 2. The molecule has 0 aliphatic heterocycles. The predicted molar refractivity (Wildman–Crippen MR) is 97.3 cm³/mol. The Labute approximate surface area is 146 Å². The molecule has 0 radical (unpaired) electrons. The van der Waals surface area contributed by atoms with Gasteiger partial charge in [-0.3, -0.25) is 4.79 Å². The first-order valence-electron chi connectivity index (χ1n) is 7.84. The summed E-state index contributed by atoms with van der Waals surface area (Å²) in [7, 11) is 0. The third kappa shape index (κ3) is 5.42. The van der Waals surface area contributed by atoms with Crippen LogP contribution in [-0.2, 0) is 17.0 Å². The number of amides is 1. The van der Waals surface area contributed by atoms with Crippen LogP contribution in [0.1, 0.15) is 28.4 Å². The summed E-state index contributed by atoms with van der Waals surface area (Å²) in [5.41, 5.74) is 2.49. The molecule has 0 saturated carbocycles. The Morgan fingerprint density at radius 1 is 1.04 bits per heavy atom. The van der Waals surface area contributed by atoms with E-state index in [9.17, 15) is 14.7 Å². The molecule has 0 aliphatic rings. The third-order valence-electron chi connectivity index (χ3n) is 3.58. The van der Waals surface area contributed by atoms with Gasteiger partial charge in [-0.25, -0.2) is 4.79 Å². The minimum absolute atomic E-state index is 0.257. The van der Waals surface area contributed by atoms with E-state index in [2.05, 4.69) is 12.2 Å². The van der Waals surface area contributed by atoms with E-state index in [1.807, 2.05) is 54.2 Å². The van der Waals surface area contributed by atoms with Crippen molar-refractivity contribution >= 4 is 23.6 Å². The maximum atomic E-state index is 12.3. The molecule has 126 valence electrons. The molecule has 2 aromatic carbocycles. The summed E-state index contributed by atoms with van der Waals surface area (Å²) in [6.07, 6.45) is 0.257. The van der Waals surface area contributed by atoms with Crippen LogP contribution in [0.25, 0.3) is 0 Å². The Bertz CT molecular complexity index is 671. The van der Waals surface area contributed by atoms with Crippen LogP contribution in [0.15, 0.2) is 54.6 Å². The highest BCUT2D eigenvalue weighted by molar-refractivity contribution is 7.98. The quantitative estimate of drug-likeness (QED) is 0.771. The maximum Gasteiger partial charge on any atom is 0.326 e. The number of thioether (sulfide) groups is 1. The van der Waals surface area contributed by atoms with E-state index in [1.165, 1.54) is 0 Å². The van der Waals surface area contributed by atoms with Gasteiger partial charge in [0.1, 0.15) is 6.04 Å². The number of nitrogens with one attached hydrogen (secondary N) is 1. The lowest BCUT2D eigenvalue weighted by molar-refractivity contribution is -0.139. The number of carboxylic acids is 1. The lowest BCUT2D eigenvalue weighted by Crippen LogP contribution is -2.42. The van der Waals surface area contributed by atoms with Crippen LogP contribution in [0.4, 0.5) is 0 Å². The summed E-state index contributed by atoms with van der Waals surface area (Å²) in [6.45, 7) is 2.10. The molecule has 0 bridgehead atoms. The van der Waals surface area contributed by atoms with Gasteiger partial charge >= 0.3 is 5.97 Å². The molecule has 1 atom stereocenters. The zero-order chi connectivity index (χ0) is 17.4. The van der Waals surface area contributed by atoms with E-state index in [-0.39, 0.29) is 12.3 Å². The first kappa shape index (κ1) is 18.1. The molecule has 0 heterocycles. The molecule has 0 fully saturated rings. The van der Waals surface area contributed by atoms with Crippen LogP contribution in [0, 0.1) is 0 Å². The lowest BCUT2D eigenvalue weighted by Gasteiger charge is -2.15. The summed E-state index contributed by atoms with van der Waals surface area (Å²) >= 11 is 1.81. The average molecular weight is 343 g/mol. The SMILES string of the molecule is CCSCc1ccc(C(=O)N[C@H](Cc2ccccc2)C(=O)O)cc1. The number of carbonyl (C=O) groups excluding carboxylic acids is 1. The number of carbonyl (C=O) groups is 2. The normalized spacial score (nSPS) is 11.7. The third-order valence-corrected chi connectivity index (χ3v) is 4.52. The monoisotopic (exact) mass is 343 g/mol. The van der Waals surface area contributed by atoms with E-state index in [0.29, 0.717) is 5.56 Å². The highest BCUT2D eigenvalue weighted by atomic mass is 32.2. The fourth-order valence-corrected chi connectivity index (χ4v) is 2.90. The first-order chi connectivity index (χ1) is 11.6. The minimum atomic E-state index is -1.04. The van der Waals surface area contributed by atoms with Crippen molar-refractivity contribution in [2.75, 3.05) is 5.75 Å². The predicted octanol–water partition coefficient (Wildman–Crippen LogP) is 3.37. The highest BCUT2D eigenvalue weighted by Crippen LogP contribution is 2.13. The van der Waals surface area contributed by atoms with Crippen molar-refractivity contribution in [1.29, 1.82) is 0 Å². The van der Waals surface area contributed by atoms with Gasteiger partial charge in [0.25, 0.3) is 5.91 Å². The molecular weight excluding hydrogens is 322 g/mol. The number of carboxylic acid groups (broad SMARTS) is 1. The molecule has 2 N–H and O–H groups in total. The molecule has 4 nitrogen and oxygen atoms in total. The number of aliphatic carboxylic acids is 1. The lowest BCUT2D eigenvalue weighted by atomic mass is 10.1. The van der Waals surface area contributed by atoms with E-state index in [1.54, 1.807) is 12.1 Å². The highest BCUT2D eigenvalue weighted by Gasteiger charge is 2.21. The van der Waals surface area contributed by atoms with Gasteiger partial charge in [0.2, 0.25) is 0 Å². The second-order valence-electron chi connectivity index (χ2n) is 5.39. The Hall–Kier alpha value is -2.27. The van der Waals surface area contributed by atoms with Gasteiger partial charge in [-0.1, -0.05) is 49.4 Å². The van der Waals surface area contributed by atoms with Crippen LogP contribution < -0.4 is 5.32 Å². The van der Waals surface area contributed by atoms with Gasteiger partial charge < -0.3 is 10.4 Å². The maximum absolute atomic E-state index is 12.3. The number of hydrogen-bond acceptors (Lipinski definition) is 3. The molecule has 0 aromatic heterocycles. The van der Waals surface area contributed by atoms with Crippen LogP contribution >= 0.6 is 11.8 Å². The van der Waals surface area contributed by atoms with E-state index in [0.717, 1.165) is 22.6 Å². The number of rotatable bonds is 8. The summed E-state index contributed by atoms with van der Waals surface area (Å²) in [5, 5.41) is 12.0. The first-order valence-corrected chi connectivity index (χ1v) is 9.00. The molecule has 0 unspecified atom stereocenters. The van der Waals surface area contributed by atoms with E-state index >= 15 is 0 Å². The van der Waals surface area contributed by atoms with Gasteiger partial charge in [-0.15, -0.1) is 0 Å². The second kappa shape index (κ2) is 9.13. The Morgan fingerprint density at radius 2 is 1.71 bits per heavy atom. The van der Waals surface area contributed by atoms with Gasteiger partial charge in [0.15, 0.2) is 0 Å². The molecule has 1 amide bonds. The zero-order valence-electron chi connectivity index (χ0n) is 13.6. The Balaban J connectivity index is 2.01. The van der Waals surface area contributed by atoms with Crippen molar-refractivity contribution in [2.45, 2.75) is 25.1 Å².